The molecule has 0 aliphatic rings. The van der Waals surface area contributed by atoms with Crippen molar-refractivity contribution in [1.82, 2.24) is 0 Å². The highest BCUT2D eigenvalue weighted by atomic mass is 16.6. The largest absolute Gasteiger partial charge is 0.496 e. The van der Waals surface area contributed by atoms with E-state index in [1.54, 1.807) is 12.1 Å². The van der Waals surface area contributed by atoms with Gasteiger partial charge in [0.15, 0.2) is 0 Å². The van der Waals surface area contributed by atoms with Crippen molar-refractivity contribution in [3.63, 3.8) is 0 Å². The Morgan fingerprint density at radius 1 is 0.793 bits per heavy atom. The Balaban J connectivity index is 2.48. The van der Waals surface area contributed by atoms with Crippen molar-refractivity contribution in [2.45, 2.75) is 26.9 Å². The van der Waals surface area contributed by atoms with Crippen molar-refractivity contribution >= 4 is 11.4 Å². The highest BCUT2D eigenvalue weighted by Gasteiger charge is 2.29. The summed E-state index contributed by atoms with van der Waals surface area (Å²) in [5.41, 5.74) is 1.43. The van der Waals surface area contributed by atoms with Crippen molar-refractivity contribution in [3.05, 3.63) is 67.8 Å². The van der Waals surface area contributed by atoms with Crippen LogP contribution >= 0.6 is 0 Å². The molecule has 0 fully saturated rings. The molecule has 0 radical (unpaired) electrons. The van der Waals surface area contributed by atoms with Crippen LogP contribution in [-0.2, 0) is 13.1 Å². The van der Waals surface area contributed by atoms with E-state index >= 15 is 0 Å². The van der Waals surface area contributed by atoms with E-state index in [1.165, 1.54) is 38.5 Å². The molecule has 0 atom stereocenters. The molecule has 156 valence electrons. The number of nitro benzene ring substituents is 2. The summed E-state index contributed by atoms with van der Waals surface area (Å²) in [5.74, 6) is 1.15. The fraction of sp³-hybridized carbons (Fsp3) is 0.400. The van der Waals surface area contributed by atoms with Crippen LogP contribution < -0.4 is 9.47 Å². The van der Waals surface area contributed by atoms with Gasteiger partial charge in [0.25, 0.3) is 11.4 Å². The van der Waals surface area contributed by atoms with Gasteiger partial charge in [-0.25, -0.2) is 0 Å². The maximum absolute atomic E-state index is 11.2. The van der Waals surface area contributed by atoms with Gasteiger partial charge >= 0.3 is 0 Å². The summed E-state index contributed by atoms with van der Waals surface area (Å²) in [6.45, 7) is 6.43. The van der Waals surface area contributed by atoms with Crippen molar-refractivity contribution < 1.29 is 23.8 Å². The van der Waals surface area contributed by atoms with Crippen molar-refractivity contribution in [2.24, 2.45) is 0 Å². The number of non-ortho nitro benzene ring substituents is 2. The van der Waals surface area contributed by atoms with Crippen LogP contribution in [0.1, 0.15) is 25.0 Å². The van der Waals surface area contributed by atoms with Gasteiger partial charge in [0.2, 0.25) is 0 Å². The third-order valence-electron chi connectivity index (χ3n) is 5.30. The second kappa shape index (κ2) is 9.33. The zero-order valence-corrected chi connectivity index (χ0v) is 17.1. The normalized spacial score (nSPS) is 11.2. The van der Waals surface area contributed by atoms with E-state index < -0.39 is 9.85 Å². The molecule has 29 heavy (non-hydrogen) atoms. The Kier molecular flexibility index (Phi) is 7.11. The maximum atomic E-state index is 11.2. The summed E-state index contributed by atoms with van der Waals surface area (Å²) in [6, 6.07) is 9.09. The van der Waals surface area contributed by atoms with Gasteiger partial charge in [-0.05, 0) is 26.0 Å². The predicted octanol–water partition coefficient (Wildman–Crippen LogP) is 4.08. The summed E-state index contributed by atoms with van der Waals surface area (Å²) in [7, 11) is 3.06. The van der Waals surface area contributed by atoms with Crippen molar-refractivity contribution in [2.75, 3.05) is 27.3 Å². The average Bonchev–Trinajstić information content (AvgIpc) is 2.72. The topological polar surface area (TPSA) is 105 Å². The summed E-state index contributed by atoms with van der Waals surface area (Å²) in [6.07, 6.45) is 0. The fourth-order valence-electron chi connectivity index (χ4n) is 3.45. The first-order valence-electron chi connectivity index (χ1n) is 9.26. The molecule has 0 saturated heterocycles. The SMILES string of the molecule is CC[N+](CC)(Cc1cc([N+](=O)[O-])ccc1OC)Cc1cc([N+](=O)[O-])ccc1OC. The molecule has 0 heterocycles. The van der Waals surface area contributed by atoms with E-state index in [0.29, 0.717) is 42.2 Å². The van der Waals surface area contributed by atoms with Crippen LogP contribution in [0.3, 0.4) is 0 Å². The molecule has 2 rings (SSSR count). The molecule has 0 bridgehead atoms. The van der Waals surface area contributed by atoms with Crippen LogP contribution in [0.25, 0.3) is 0 Å². The molecule has 0 aliphatic carbocycles. The Hall–Kier alpha value is -3.20. The molecule has 2 aromatic carbocycles. The Morgan fingerprint density at radius 3 is 1.45 bits per heavy atom. The number of ether oxygens (including phenoxy) is 2. The van der Waals surface area contributed by atoms with Gasteiger partial charge in [0.1, 0.15) is 24.6 Å². The molecular formula is C20H26N3O6+. The molecule has 2 aromatic rings. The molecule has 0 unspecified atom stereocenters. The van der Waals surface area contributed by atoms with Crippen LogP contribution in [0.5, 0.6) is 11.5 Å². The number of nitro groups is 2. The number of nitrogens with zero attached hydrogens (tertiary/aromatic N) is 3. The molecule has 0 amide bonds. The van der Waals surface area contributed by atoms with E-state index in [0.717, 1.165) is 11.1 Å². The summed E-state index contributed by atoms with van der Waals surface area (Å²) < 4.78 is 11.4. The van der Waals surface area contributed by atoms with Gasteiger partial charge in [-0.15, -0.1) is 0 Å². The molecule has 9 nitrogen and oxygen atoms in total. The molecule has 0 aliphatic heterocycles. The van der Waals surface area contributed by atoms with E-state index in [9.17, 15) is 20.2 Å². The summed E-state index contributed by atoms with van der Waals surface area (Å²) in [5, 5.41) is 22.4. The first-order valence-corrected chi connectivity index (χ1v) is 9.26. The van der Waals surface area contributed by atoms with Gasteiger partial charge in [0, 0.05) is 24.3 Å². The van der Waals surface area contributed by atoms with Gasteiger partial charge < -0.3 is 14.0 Å². The first-order chi connectivity index (χ1) is 13.8. The highest BCUT2D eigenvalue weighted by molar-refractivity contribution is 5.44. The lowest BCUT2D eigenvalue weighted by atomic mass is 10.1. The van der Waals surface area contributed by atoms with Gasteiger partial charge in [0.05, 0.1) is 48.3 Å². The zero-order valence-electron chi connectivity index (χ0n) is 17.1. The Morgan fingerprint density at radius 2 is 1.17 bits per heavy atom. The monoisotopic (exact) mass is 404 g/mol. The third kappa shape index (κ3) is 5.00. The van der Waals surface area contributed by atoms with Crippen molar-refractivity contribution in [1.29, 1.82) is 0 Å². The quantitative estimate of drug-likeness (QED) is 0.336. The molecule has 0 aromatic heterocycles. The number of methoxy groups -OCH3 is 2. The van der Waals surface area contributed by atoms with E-state index in [4.69, 9.17) is 9.47 Å². The second-order valence-corrected chi connectivity index (χ2v) is 6.80. The van der Waals surface area contributed by atoms with Gasteiger partial charge in [-0.1, -0.05) is 0 Å². The molecule has 9 heteroatoms. The second-order valence-electron chi connectivity index (χ2n) is 6.80. The van der Waals surface area contributed by atoms with Crippen molar-refractivity contribution in [3.8, 4) is 11.5 Å². The minimum absolute atomic E-state index is 0.000893. The molecule has 0 N–H and O–H groups in total. The van der Waals surface area contributed by atoms with E-state index in [2.05, 4.69) is 0 Å². The van der Waals surface area contributed by atoms with Crippen LogP contribution in [0.15, 0.2) is 36.4 Å². The first kappa shape index (κ1) is 22.1. The lowest BCUT2D eigenvalue weighted by molar-refractivity contribution is -0.950. The number of benzene rings is 2. The zero-order chi connectivity index (χ0) is 21.6. The lowest BCUT2D eigenvalue weighted by Gasteiger charge is -2.37. The van der Waals surface area contributed by atoms with Crippen LogP contribution in [0.2, 0.25) is 0 Å². The Bertz CT molecular complexity index is 826. The van der Waals surface area contributed by atoms with Crippen LogP contribution in [0.4, 0.5) is 11.4 Å². The van der Waals surface area contributed by atoms with Gasteiger partial charge in [-0.2, -0.15) is 0 Å². The number of hydrogen-bond acceptors (Lipinski definition) is 6. The Labute approximate surface area is 169 Å². The smallest absolute Gasteiger partial charge is 0.270 e. The predicted molar refractivity (Wildman–Crippen MR) is 108 cm³/mol. The number of hydrogen-bond donors (Lipinski definition) is 0. The summed E-state index contributed by atoms with van der Waals surface area (Å²) in [4.78, 5) is 21.6. The molecule has 0 spiro atoms. The number of rotatable bonds is 10. The average molecular weight is 404 g/mol. The summed E-state index contributed by atoms with van der Waals surface area (Å²) >= 11 is 0. The van der Waals surface area contributed by atoms with Crippen LogP contribution in [0, 0.1) is 20.2 Å². The minimum Gasteiger partial charge on any atom is -0.496 e. The van der Waals surface area contributed by atoms with Crippen LogP contribution in [-0.4, -0.2) is 41.6 Å². The van der Waals surface area contributed by atoms with E-state index in [1.807, 2.05) is 13.8 Å². The van der Waals surface area contributed by atoms with Gasteiger partial charge in [-0.3, -0.25) is 20.2 Å². The maximum Gasteiger partial charge on any atom is 0.270 e. The highest BCUT2D eigenvalue weighted by Crippen LogP contribution is 2.32. The fourth-order valence-corrected chi connectivity index (χ4v) is 3.45. The molecular weight excluding hydrogens is 378 g/mol. The lowest BCUT2D eigenvalue weighted by Crippen LogP contribution is -2.46. The number of quaternary nitrogens is 1. The molecule has 0 saturated carbocycles. The minimum atomic E-state index is -0.431. The third-order valence-corrected chi connectivity index (χ3v) is 5.30. The standard InChI is InChI=1S/C20H26N3O6/c1-5-23(6-2,13-15-11-17(21(24)25)7-9-19(15)28-3)14-16-12-18(22(26)27)8-10-20(16)29-4/h7-12H,5-6,13-14H2,1-4H3/q+1. The van der Waals surface area contributed by atoms with E-state index in [-0.39, 0.29) is 11.4 Å².